The summed E-state index contributed by atoms with van der Waals surface area (Å²) in [5, 5.41) is 27.4. The first-order valence-electron chi connectivity index (χ1n) is 3.52. The first-order valence-corrected chi connectivity index (χ1v) is 4.27. The third-order valence-electron chi connectivity index (χ3n) is 1.69. The van der Waals surface area contributed by atoms with Crippen LogP contribution in [-0.2, 0) is 13.2 Å². The minimum absolute atomic E-state index is 0.110. The summed E-state index contributed by atoms with van der Waals surface area (Å²) in [4.78, 5) is 0. The zero-order valence-electron chi connectivity index (χ0n) is 6.59. The maximum atomic E-state index is 9.43. The molecule has 0 heterocycles. The molecular formula is C8H8Cl2O3. The lowest BCUT2D eigenvalue weighted by molar-refractivity contribution is 0.264. The molecule has 0 amide bonds. The number of hydrogen-bond acceptors (Lipinski definition) is 3. The molecular weight excluding hydrogens is 215 g/mol. The van der Waals surface area contributed by atoms with Gasteiger partial charge in [-0.25, -0.2) is 0 Å². The molecule has 0 fully saturated rings. The maximum Gasteiger partial charge on any atom is 0.128 e. The minimum atomic E-state index is -0.418. The Morgan fingerprint density at radius 1 is 1.15 bits per heavy atom. The Balaban J connectivity index is 3.39. The van der Waals surface area contributed by atoms with E-state index in [1.54, 1.807) is 0 Å². The summed E-state index contributed by atoms with van der Waals surface area (Å²) in [5.41, 5.74) is 0.386. The van der Waals surface area contributed by atoms with Gasteiger partial charge in [0.25, 0.3) is 0 Å². The zero-order valence-corrected chi connectivity index (χ0v) is 8.10. The van der Waals surface area contributed by atoms with Crippen LogP contribution in [0, 0.1) is 0 Å². The molecule has 5 heteroatoms. The van der Waals surface area contributed by atoms with Gasteiger partial charge in [0.05, 0.1) is 23.3 Å². The smallest absolute Gasteiger partial charge is 0.128 e. The number of phenols is 1. The third-order valence-corrected chi connectivity index (χ3v) is 2.52. The Morgan fingerprint density at radius 3 is 2.23 bits per heavy atom. The molecule has 1 rings (SSSR count). The lowest BCUT2D eigenvalue weighted by Gasteiger charge is -2.09. The van der Waals surface area contributed by atoms with Crippen molar-refractivity contribution < 1.29 is 15.3 Å². The molecule has 1 aromatic carbocycles. The molecule has 0 radical (unpaired) electrons. The van der Waals surface area contributed by atoms with Gasteiger partial charge < -0.3 is 15.3 Å². The molecule has 0 aromatic heterocycles. The van der Waals surface area contributed by atoms with E-state index in [0.29, 0.717) is 0 Å². The van der Waals surface area contributed by atoms with Gasteiger partial charge in [-0.05, 0) is 6.07 Å². The molecule has 3 nitrogen and oxygen atoms in total. The van der Waals surface area contributed by atoms with Crippen LogP contribution in [0.1, 0.15) is 11.1 Å². The summed E-state index contributed by atoms with van der Waals surface area (Å²) in [5.74, 6) is -0.209. The van der Waals surface area contributed by atoms with Gasteiger partial charge in [0.15, 0.2) is 0 Å². The van der Waals surface area contributed by atoms with Crippen molar-refractivity contribution >= 4 is 23.2 Å². The highest BCUT2D eigenvalue weighted by molar-refractivity contribution is 6.42. The maximum absolute atomic E-state index is 9.43. The van der Waals surface area contributed by atoms with E-state index in [1.165, 1.54) is 6.07 Å². The van der Waals surface area contributed by atoms with Crippen LogP contribution >= 0.6 is 23.2 Å². The van der Waals surface area contributed by atoms with E-state index < -0.39 is 6.61 Å². The van der Waals surface area contributed by atoms with E-state index in [4.69, 9.17) is 33.4 Å². The van der Waals surface area contributed by atoms with Crippen molar-refractivity contribution in [3.8, 4) is 5.75 Å². The predicted octanol–water partition coefficient (Wildman–Crippen LogP) is 1.68. The van der Waals surface area contributed by atoms with E-state index in [1.807, 2.05) is 0 Å². The Morgan fingerprint density at radius 2 is 1.77 bits per heavy atom. The van der Waals surface area contributed by atoms with Crippen molar-refractivity contribution in [1.29, 1.82) is 0 Å². The van der Waals surface area contributed by atoms with Crippen LogP contribution in [0.5, 0.6) is 5.75 Å². The van der Waals surface area contributed by atoms with E-state index in [9.17, 15) is 5.11 Å². The highest BCUT2D eigenvalue weighted by Crippen LogP contribution is 2.35. The first kappa shape index (κ1) is 10.6. The van der Waals surface area contributed by atoms with Gasteiger partial charge in [0.1, 0.15) is 5.75 Å². The van der Waals surface area contributed by atoms with Crippen molar-refractivity contribution in [1.82, 2.24) is 0 Å². The van der Waals surface area contributed by atoms with Gasteiger partial charge in [0.2, 0.25) is 0 Å². The molecule has 0 saturated carbocycles. The Hall–Kier alpha value is -0.480. The van der Waals surface area contributed by atoms with E-state index in [0.717, 1.165) is 0 Å². The van der Waals surface area contributed by atoms with Gasteiger partial charge in [-0.2, -0.15) is 0 Å². The van der Waals surface area contributed by atoms with Crippen LogP contribution in [0.2, 0.25) is 10.0 Å². The quantitative estimate of drug-likeness (QED) is 0.714. The number of benzene rings is 1. The second kappa shape index (κ2) is 4.15. The summed E-state index contributed by atoms with van der Waals surface area (Å²) >= 11 is 11.4. The summed E-state index contributed by atoms with van der Waals surface area (Å²) < 4.78 is 0. The van der Waals surface area contributed by atoms with E-state index >= 15 is 0 Å². The molecule has 3 N–H and O–H groups in total. The monoisotopic (exact) mass is 222 g/mol. The zero-order chi connectivity index (χ0) is 10.0. The minimum Gasteiger partial charge on any atom is -0.507 e. The summed E-state index contributed by atoms with van der Waals surface area (Å²) in [6, 6.07) is 1.36. The van der Waals surface area contributed by atoms with Crippen molar-refractivity contribution in [2.75, 3.05) is 0 Å². The molecule has 0 aliphatic carbocycles. The van der Waals surface area contributed by atoms with Gasteiger partial charge in [-0.15, -0.1) is 0 Å². The molecule has 0 spiro atoms. The van der Waals surface area contributed by atoms with E-state index in [2.05, 4.69) is 0 Å². The van der Waals surface area contributed by atoms with Crippen LogP contribution in [0.3, 0.4) is 0 Å². The fourth-order valence-corrected chi connectivity index (χ4v) is 1.44. The molecule has 0 aliphatic rings. The largest absolute Gasteiger partial charge is 0.507 e. The second-order valence-electron chi connectivity index (χ2n) is 2.47. The van der Waals surface area contributed by atoms with Gasteiger partial charge in [-0.3, -0.25) is 0 Å². The summed E-state index contributed by atoms with van der Waals surface area (Å²) in [6.07, 6.45) is 0. The van der Waals surface area contributed by atoms with Crippen LogP contribution in [0.15, 0.2) is 6.07 Å². The third kappa shape index (κ3) is 1.89. The number of rotatable bonds is 2. The number of aromatic hydroxyl groups is 1. The van der Waals surface area contributed by atoms with Crippen LogP contribution in [-0.4, -0.2) is 15.3 Å². The molecule has 0 saturated heterocycles. The molecule has 0 bridgehead atoms. The normalized spacial score (nSPS) is 10.5. The fraction of sp³-hybridized carbons (Fsp3) is 0.250. The van der Waals surface area contributed by atoms with Gasteiger partial charge >= 0.3 is 0 Å². The number of hydrogen-bond donors (Lipinski definition) is 3. The Kier molecular flexibility index (Phi) is 3.39. The number of aliphatic hydroxyl groups is 2. The van der Waals surface area contributed by atoms with Crippen molar-refractivity contribution in [2.45, 2.75) is 13.2 Å². The molecule has 1 aromatic rings. The van der Waals surface area contributed by atoms with Crippen molar-refractivity contribution in [2.24, 2.45) is 0 Å². The summed E-state index contributed by atoms with van der Waals surface area (Å²) in [7, 11) is 0. The first-order chi connectivity index (χ1) is 6.11. The molecule has 13 heavy (non-hydrogen) atoms. The Labute approximate surface area is 85.2 Å². The highest BCUT2D eigenvalue weighted by Gasteiger charge is 2.13. The standard InChI is InChI=1S/C8H8Cl2O3/c9-6-1-4(2-11)8(13)5(3-12)7(6)10/h1,11-13H,2-3H2. The summed E-state index contributed by atoms with van der Waals surface area (Å²) in [6.45, 7) is -0.770. The average Bonchev–Trinajstić information content (AvgIpc) is 2.12. The van der Waals surface area contributed by atoms with Crippen molar-refractivity contribution in [3.05, 3.63) is 27.2 Å². The van der Waals surface area contributed by atoms with Crippen LogP contribution < -0.4 is 0 Å². The highest BCUT2D eigenvalue weighted by atomic mass is 35.5. The van der Waals surface area contributed by atoms with Gasteiger partial charge in [-0.1, -0.05) is 23.2 Å². The topological polar surface area (TPSA) is 60.7 Å². The molecule has 0 atom stereocenters. The molecule has 72 valence electrons. The molecule has 0 unspecified atom stereocenters. The lowest BCUT2D eigenvalue weighted by atomic mass is 10.1. The van der Waals surface area contributed by atoms with E-state index in [-0.39, 0.29) is 33.5 Å². The van der Waals surface area contributed by atoms with Crippen LogP contribution in [0.4, 0.5) is 0 Å². The van der Waals surface area contributed by atoms with Crippen LogP contribution in [0.25, 0.3) is 0 Å². The Bertz CT molecular complexity index is 326. The average molecular weight is 223 g/mol. The van der Waals surface area contributed by atoms with Crippen molar-refractivity contribution in [3.63, 3.8) is 0 Å². The molecule has 0 aliphatic heterocycles. The predicted molar refractivity (Wildman–Crippen MR) is 50.0 cm³/mol. The number of halogens is 2. The SMILES string of the molecule is OCc1cc(Cl)c(Cl)c(CO)c1O. The second-order valence-corrected chi connectivity index (χ2v) is 3.26. The fourth-order valence-electron chi connectivity index (χ4n) is 0.991. The van der Waals surface area contributed by atoms with Gasteiger partial charge in [0, 0.05) is 11.1 Å². The number of aliphatic hydroxyl groups excluding tert-OH is 2. The lowest BCUT2D eigenvalue weighted by Crippen LogP contribution is -1.93.